The highest BCUT2D eigenvalue weighted by atomic mass is 79.9. The van der Waals surface area contributed by atoms with Crippen molar-refractivity contribution < 1.29 is 4.79 Å². The van der Waals surface area contributed by atoms with Crippen LogP contribution >= 0.6 is 27.5 Å². The first-order chi connectivity index (χ1) is 16.5. The van der Waals surface area contributed by atoms with Crippen LogP contribution in [0.4, 0.5) is 5.69 Å². The van der Waals surface area contributed by atoms with Crippen LogP contribution in [0.2, 0.25) is 5.02 Å². The molecule has 1 saturated carbocycles. The van der Waals surface area contributed by atoms with Crippen LogP contribution in [0.1, 0.15) is 55.2 Å². The first-order valence-electron chi connectivity index (χ1n) is 11.6. The van der Waals surface area contributed by atoms with Gasteiger partial charge in [-0.1, -0.05) is 48.7 Å². The van der Waals surface area contributed by atoms with Gasteiger partial charge in [0.15, 0.2) is 0 Å². The summed E-state index contributed by atoms with van der Waals surface area (Å²) in [4.78, 5) is 20.2. The van der Waals surface area contributed by atoms with Gasteiger partial charge < -0.3 is 4.90 Å². The van der Waals surface area contributed by atoms with E-state index >= 15 is 0 Å². The summed E-state index contributed by atoms with van der Waals surface area (Å²) in [5, 5.41) is 10.2. The lowest BCUT2D eigenvalue weighted by Crippen LogP contribution is -2.45. The Hall–Kier alpha value is -2.68. The zero-order valence-corrected chi connectivity index (χ0v) is 21.5. The molecule has 2 aromatic carbocycles. The number of nitrogens with zero attached hydrogens (tertiary/aromatic N) is 3. The molecule has 2 atom stereocenters. The molecule has 1 aliphatic rings. The van der Waals surface area contributed by atoms with Crippen molar-refractivity contribution >= 4 is 39.1 Å². The number of hydrogen-bond acceptors (Lipinski definition) is 3. The number of rotatable bonds is 7. The second-order valence-corrected chi connectivity index (χ2v) is 10.3. The molecule has 0 spiro atoms. The molecule has 174 valence electrons. The van der Waals surface area contributed by atoms with E-state index in [0.29, 0.717) is 17.0 Å². The summed E-state index contributed by atoms with van der Waals surface area (Å²) < 4.78 is 0.835. The predicted molar refractivity (Wildman–Crippen MR) is 140 cm³/mol. The minimum atomic E-state index is -0.158. The number of carbonyl (C=O) groups excluding carboxylic acids is 1. The molecule has 1 aliphatic carbocycles. The quantitative estimate of drug-likeness (QED) is 0.318. The molecule has 3 aromatic rings. The van der Waals surface area contributed by atoms with Gasteiger partial charge in [0.25, 0.3) is 0 Å². The number of pyridine rings is 1. The number of benzene rings is 2. The van der Waals surface area contributed by atoms with E-state index in [2.05, 4.69) is 40.0 Å². The average molecular weight is 537 g/mol. The fraction of sp³-hybridized carbons (Fsp3) is 0.321. The van der Waals surface area contributed by atoms with Crippen LogP contribution in [0, 0.1) is 17.2 Å². The number of amides is 1. The predicted octanol–water partition coefficient (Wildman–Crippen LogP) is 7.31. The van der Waals surface area contributed by atoms with Gasteiger partial charge >= 0.3 is 0 Å². The Bertz CT molecular complexity index is 1180. The smallest absolute Gasteiger partial charge is 0.230 e. The Balaban J connectivity index is 1.77. The zero-order valence-electron chi connectivity index (χ0n) is 19.1. The van der Waals surface area contributed by atoms with Crippen LogP contribution in [0.5, 0.6) is 0 Å². The third-order valence-electron chi connectivity index (χ3n) is 6.71. The second-order valence-electron chi connectivity index (χ2n) is 8.97. The minimum absolute atomic E-state index is 0.0289. The number of hydrogen-bond donors (Lipinski definition) is 0. The maximum Gasteiger partial charge on any atom is 0.230 e. The molecule has 2 unspecified atom stereocenters. The molecule has 4 nitrogen and oxygen atoms in total. The van der Waals surface area contributed by atoms with Gasteiger partial charge in [-0.3, -0.25) is 9.78 Å². The van der Waals surface area contributed by atoms with E-state index in [1.807, 2.05) is 53.4 Å². The largest absolute Gasteiger partial charge is 0.307 e. The van der Waals surface area contributed by atoms with E-state index < -0.39 is 0 Å². The van der Waals surface area contributed by atoms with Crippen LogP contribution in [0.3, 0.4) is 0 Å². The lowest BCUT2D eigenvalue weighted by molar-refractivity contribution is -0.122. The van der Waals surface area contributed by atoms with Gasteiger partial charge in [-0.25, -0.2) is 0 Å². The monoisotopic (exact) mass is 535 g/mol. The van der Waals surface area contributed by atoms with Crippen LogP contribution < -0.4 is 4.90 Å². The van der Waals surface area contributed by atoms with Crippen LogP contribution in [-0.2, 0) is 11.2 Å². The van der Waals surface area contributed by atoms with Gasteiger partial charge in [-0.2, -0.15) is 5.26 Å². The average Bonchev–Trinajstić information content (AvgIpc) is 3.39. The third-order valence-corrected chi connectivity index (χ3v) is 7.40. The molecule has 34 heavy (non-hydrogen) atoms. The zero-order chi connectivity index (χ0) is 24.1. The topological polar surface area (TPSA) is 57.0 Å². The third kappa shape index (κ3) is 5.68. The molecule has 0 N–H and O–H groups in total. The molecule has 0 bridgehead atoms. The highest BCUT2D eigenvalue weighted by Gasteiger charge is 2.35. The molecule has 1 amide bonds. The summed E-state index contributed by atoms with van der Waals surface area (Å²) in [5.41, 5.74) is 3.57. The van der Waals surface area contributed by atoms with Gasteiger partial charge in [-0.05, 0) is 83.6 Å². The number of aromatic nitrogens is 1. The molecule has 0 radical (unpaired) electrons. The van der Waals surface area contributed by atoms with Gasteiger partial charge in [-0.15, -0.1) is 0 Å². The molecule has 1 aromatic heterocycles. The molecule has 0 saturated heterocycles. The highest BCUT2D eigenvalue weighted by molar-refractivity contribution is 9.10. The summed E-state index contributed by atoms with van der Waals surface area (Å²) in [7, 11) is 0. The van der Waals surface area contributed by atoms with Crippen molar-refractivity contribution in [2.24, 2.45) is 5.92 Å². The maximum absolute atomic E-state index is 13.9. The molecule has 1 heterocycles. The van der Waals surface area contributed by atoms with Crippen LogP contribution in [0.15, 0.2) is 71.5 Å². The van der Waals surface area contributed by atoms with Gasteiger partial charge in [0.1, 0.15) is 0 Å². The fourth-order valence-corrected chi connectivity index (χ4v) is 5.40. The number of halogens is 2. The number of anilines is 1. The van der Waals surface area contributed by atoms with E-state index in [0.717, 1.165) is 47.0 Å². The Kier molecular flexibility index (Phi) is 8.03. The minimum Gasteiger partial charge on any atom is -0.307 e. The van der Waals surface area contributed by atoms with Crippen molar-refractivity contribution in [2.45, 2.75) is 51.0 Å². The van der Waals surface area contributed by atoms with E-state index in [4.69, 9.17) is 11.6 Å². The van der Waals surface area contributed by atoms with Crippen molar-refractivity contribution in [1.82, 2.24) is 4.98 Å². The van der Waals surface area contributed by atoms with Gasteiger partial charge in [0.05, 0.1) is 23.5 Å². The molecule has 0 aliphatic heterocycles. The first kappa shape index (κ1) is 24.4. The Morgan fingerprint density at radius 1 is 1.18 bits per heavy atom. The van der Waals surface area contributed by atoms with Crippen molar-refractivity contribution in [3.63, 3.8) is 0 Å². The van der Waals surface area contributed by atoms with Crippen molar-refractivity contribution in [3.05, 3.63) is 93.2 Å². The van der Waals surface area contributed by atoms with Gasteiger partial charge in [0, 0.05) is 33.6 Å². The molecular weight excluding hydrogens is 510 g/mol. The summed E-state index contributed by atoms with van der Waals surface area (Å²) in [5.74, 6) is 0.157. The highest BCUT2D eigenvalue weighted by Crippen LogP contribution is 2.36. The standard InChI is InChI=1S/C28H27BrClN3O/c1-19(33(26-15-24(29)17-32-18-26)28(34)22-6-2-3-7-22)27(14-20-9-11-25(30)12-10-20)23-8-4-5-21(13-23)16-31/h4-5,8-13,15,17-19,22,27H,2-3,6-7,14H2,1H3. The lowest BCUT2D eigenvalue weighted by atomic mass is 9.84. The fourth-order valence-electron chi connectivity index (χ4n) is 4.93. The SMILES string of the molecule is CC(C(Cc1ccc(Cl)cc1)c1cccc(C#N)c1)N(C(=O)C1CCCC1)c1cncc(Br)c1. The van der Waals surface area contributed by atoms with Gasteiger partial charge in [0.2, 0.25) is 5.91 Å². The number of nitriles is 1. The normalized spacial score (nSPS) is 15.5. The van der Waals surface area contributed by atoms with Crippen molar-refractivity contribution in [1.29, 1.82) is 5.26 Å². The van der Waals surface area contributed by atoms with Crippen molar-refractivity contribution in [2.75, 3.05) is 4.90 Å². The molecule has 1 fully saturated rings. The van der Waals surface area contributed by atoms with E-state index in [9.17, 15) is 10.1 Å². The molecule has 6 heteroatoms. The lowest BCUT2D eigenvalue weighted by Gasteiger charge is -2.37. The summed E-state index contributed by atoms with van der Waals surface area (Å²) in [6, 6.07) is 19.6. The maximum atomic E-state index is 13.9. The van der Waals surface area contributed by atoms with E-state index in [1.54, 1.807) is 12.4 Å². The first-order valence-corrected chi connectivity index (χ1v) is 12.8. The summed E-state index contributed by atoms with van der Waals surface area (Å²) in [6.45, 7) is 2.10. The summed E-state index contributed by atoms with van der Waals surface area (Å²) in [6.07, 6.45) is 8.24. The second kappa shape index (κ2) is 11.2. The van der Waals surface area contributed by atoms with Crippen LogP contribution in [-0.4, -0.2) is 16.9 Å². The Labute approximate surface area is 214 Å². The van der Waals surface area contributed by atoms with E-state index in [-0.39, 0.29) is 23.8 Å². The molecular formula is C28H27BrClN3O. The Morgan fingerprint density at radius 2 is 1.91 bits per heavy atom. The van der Waals surface area contributed by atoms with Crippen LogP contribution in [0.25, 0.3) is 0 Å². The molecule has 4 rings (SSSR count). The Morgan fingerprint density at radius 3 is 2.59 bits per heavy atom. The summed E-state index contributed by atoms with van der Waals surface area (Å²) >= 11 is 9.65. The number of carbonyl (C=O) groups is 1. The van der Waals surface area contributed by atoms with E-state index in [1.165, 1.54) is 0 Å². The van der Waals surface area contributed by atoms with Crippen molar-refractivity contribution in [3.8, 4) is 6.07 Å².